The molecule has 0 saturated carbocycles. The first kappa shape index (κ1) is 11.4. The number of ketones is 1. The standard InChI is InChI=1S/C11H13NO3/c1-8-4-3-5-10(7-6-9(2)13)11(8)12(14)15/h3-5H,6-7H2,1-2H3. The van der Waals surface area contributed by atoms with E-state index in [0.717, 1.165) is 0 Å². The van der Waals surface area contributed by atoms with Crippen LogP contribution >= 0.6 is 0 Å². The Balaban J connectivity index is 3.01. The van der Waals surface area contributed by atoms with Crippen LogP contribution in [0.4, 0.5) is 5.69 Å². The van der Waals surface area contributed by atoms with Gasteiger partial charge in [-0.05, 0) is 20.3 Å². The third-order valence-electron chi connectivity index (χ3n) is 2.25. The molecule has 0 aliphatic carbocycles. The molecule has 0 aromatic heterocycles. The van der Waals surface area contributed by atoms with Crippen LogP contribution in [0.3, 0.4) is 0 Å². The van der Waals surface area contributed by atoms with Crippen LogP contribution in [-0.4, -0.2) is 10.7 Å². The van der Waals surface area contributed by atoms with E-state index in [2.05, 4.69) is 0 Å². The van der Waals surface area contributed by atoms with Crippen molar-refractivity contribution < 1.29 is 9.72 Å². The van der Waals surface area contributed by atoms with E-state index in [4.69, 9.17) is 0 Å². The van der Waals surface area contributed by atoms with Gasteiger partial charge in [0, 0.05) is 17.5 Å². The molecule has 80 valence electrons. The van der Waals surface area contributed by atoms with Crippen LogP contribution in [0.5, 0.6) is 0 Å². The third-order valence-corrected chi connectivity index (χ3v) is 2.25. The average Bonchev–Trinajstić information content (AvgIpc) is 2.13. The number of carbonyl (C=O) groups is 1. The zero-order chi connectivity index (χ0) is 11.4. The van der Waals surface area contributed by atoms with Gasteiger partial charge in [0.1, 0.15) is 5.78 Å². The predicted molar refractivity (Wildman–Crippen MR) is 56.8 cm³/mol. The highest BCUT2D eigenvalue weighted by Gasteiger charge is 2.16. The molecule has 4 heteroatoms. The quantitative estimate of drug-likeness (QED) is 0.562. The summed E-state index contributed by atoms with van der Waals surface area (Å²) in [5.41, 5.74) is 1.41. The molecule has 0 radical (unpaired) electrons. The number of Topliss-reactive ketones (excluding diaryl/α,β-unsaturated/α-hetero) is 1. The van der Waals surface area contributed by atoms with Gasteiger partial charge in [-0.15, -0.1) is 0 Å². The Labute approximate surface area is 88.1 Å². The minimum Gasteiger partial charge on any atom is -0.300 e. The zero-order valence-corrected chi connectivity index (χ0v) is 8.82. The van der Waals surface area contributed by atoms with Crippen molar-refractivity contribution in [3.05, 3.63) is 39.4 Å². The van der Waals surface area contributed by atoms with Crippen LogP contribution in [0.1, 0.15) is 24.5 Å². The summed E-state index contributed by atoms with van der Waals surface area (Å²) in [6.07, 6.45) is 0.789. The van der Waals surface area contributed by atoms with Gasteiger partial charge in [-0.25, -0.2) is 0 Å². The SMILES string of the molecule is CC(=O)CCc1cccc(C)c1[N+](=O)[O-]. The molecular weight excluding hydrogens is 194 g/mol. The summed E-state index contributed by atoms with van der Waals surface area (Å²) in [6.45, 7) is 3.19. The lowest BCUT2D eigenvalue weighted by atomic mass is 10.0. The van der Waals surface area contributed by atoms with Crippen LogP contribution in [0.15, 0.2) is 18.2 Å². The van der Waals surface area contributed by atoms with Gasteiger partial charge in [-0.3, -0.25) is 10.1 Å². The van der Waals surface area contributed by atoms with E-state index in [0.29, 0.717) is 24.0 Å². The van der Waals surface area contributed by atoms with Crippen molar-refractivity contribution in [2.24, 2.45) is 0 Å². The Bertz CT molecular complexity index is 399. The largest absolute Gasteiger partial charge is 0.300 e. The van der Waals surface area contributed by atoms with Crippen LogP contribution in [0, 0.1) is 17.0 Å². The number of nitro groups is 1. The first-order valence-corrected chi connectivity index (χ1v) is 4.74. The highest BCUT2D eigenvalue weighted by molar-refractivity contribution is 5.75. The maximum Gasteiger partial charge on any atom is 0.275 e. The molecule has 0 N–H and O–H groups in total. The number of carbonyl (C=O) groups excluding carboxylic acids is 1. The van der Waals surface area contributed by atoms with Gasteiger partial charge >= 0.3 is 0 Å². The topological polar surface area (TPSA) is 60.2 Å². The molecule has 1 aromatic rings. The van der Waals surface area contributed by atoms with E-state index in [1.165, 1.54) is 6.92 Å². The summed E-state index contributed by atoms with van der Waals surface area (Å²) in [5.74, 6) is 0.0470. The third kappa shape index (κ3) is 2.87. The van der Waals surface area contributed by atoms with Gasteiger partial charge in [0.25, 0.3) is 5.69 Å². The van der Waals surface area contributed by atoms with Gasteiger partial charge in [0.05, 0.1) is 4.92 Å². The summed E-state index contributed by atoms with van der Waals surface area (Å²) in [7, 11) is 0. The Hall–Kier alpha value is -1.71. The average molecular weight is 207 g/mol. The highest BCUT2D eigenvalue weighted by Crippen LogP contribution is 2.24. The zero-order valence-electron chi connectivity index (χ0n) is 8.82. The summed E-state index contributed by atoms with van der Waals surface area (Å²) < 4.78 is 0. The van der Waals surface area contributed by atoms with E-state index < -0.39 is 0 Å². The Morgan fingerprint density at radius 2 is 2.13 bits per heavy atom. The summed E-state index contributed by atoms with van der Waals surface area (Å²) >= 11 is 0. The molecule has 0 atom stereocenters. The molecule has 0 heterocycles. The maximum atomic E-state index is 10.8. The van der Waals surface area contributed by atoms with E-state index in [1.54, 1.807) is 25.1 Å². The second kappa shape index (κ2) is 4.68. The normalized spacial score (nSPS) is 10.0. The predicted octanol–water partition coefficient (Wildman–Crippen LogP) is 2.42. The number of nitrogens with zero attached hydrogens (tertiary/aromatic N) is 1. The van der Waals surface area contributed by atoms with Gasteiger partial charge in [0.15, 0.2) is 0 Å². The second-order valence-electron chi connectivity index (χ2n) is 3.54. The van der Waals surface area contributed by atoms with Crippen molar-refractivity contribution in [3.8, 4) is 0 Å². The Morgan fingerprint density at radius 1 is 1.47 bits per heavy atom. The summed E-state index contributed by atoms with van der Waals surface area (Å²) in [5, 5.41) is 10.8. The van der Waals surface area contributed by atoms with Crippen molar-refractivity contribution in [1.29, 1.82) is 0 Å². The van der Waals surface area contributed by atoms with Crippen molar-refractivity contribution in [3.63, 3.8) is 0 Å². The molecule has 4 nitrogen and oxygen atoms in total. The van der Waals surface area contributed by atoms with E-state index in [9.17, 15) is 14.9 Å². The van der Waals surface area contributed by atoms with Gasteiger partial charge in [0.2, 0.25) is 0 Å². The summed E-state index contributed by atoms with van der Waals surface area (Å²) in [4.78, 5) is 21.2. The molecule has 0 aliphatic heterocycles. The van der Waals surface area contributed by atoms with Crippen molar-refractivity contribution >= 4 is 11.5 Å². The molecule has 0 aliphatic rings. The molecule has 1 aromatic carbocycles. The molecule has 0 fully saturated rings. The molecule has 0 spiro atoms. The molecule has 0 bridgehead atoms. The smallest absolute Gasteiger partial charge is 0.275 e. The first-order chi connectivity index (χ1) is 7.02. The fourth-order valence-corrected chi connectivity index (χ4v) is 1.49. The minimum absolute atomic E-state index is 0.0470. The number of hydrogen-bond donors (Lipinski definition) is 0. The van der Waals surface area contributed by atoms with Crippen LogP contribution in [-0.2, 0) is 11.2 Å². The van der Waals surface area contributed by atoms with Gasteiger partial charge < -0.3 is 4.79 Å². The van der Waals surface area contributed by atoms with Crippen molar-refractivity contribution in [1.82, 2.24) is 0 Å². The van der Waals surface area contributed by atoms with Crippen molar-refractivity contribution in [2.75, 3.05) is 0 Å². The van der Waals surface area contributed by atoms with Crippen LogP contribution in [0.25, 0.3) is 0 Å². The van der Waals surface area contributed by atoms with E-state index in [1.807, 2.05) is 0 Å². The maximum absolute atomic E-state index is 10.8. The molecule has 0 amide bonds. The molecule has 0 saturated heterocycles. The fourth-order valence-electron chi connectivity index (χ4n) is 1.49. The fraction of sp³-hybridized carbons (Fsp3) is 0.364. The lowest BCUT2D eigenvalue weighted by Gasteiger charge is -2.03. The summed E-state index contributed by atoms with van der Waals surface area (Å²) in [6, 6.07) is 5.18. The molecule has 15 heavy (non-hydrogen) atoms. The van der Waals surface area contributed by atoms with Crippen LogP contribution < -0.4 is 0 Å². The molecule has 0 unspecified atom stereocenters. The lowest BCUT2D eigenvalue weighted by Crippen LogP contribution is -2.00. The second-order valence-corrected chi connectivity index (χ2v) is 3.54. The Kier molecular flexibility index (Phi) is 3.55. The van der Waals surface area contributed by atoms with Gasteiger partial charge in [-0.2, -0.15) is 0 Å². The number of nitro benzene ring substituents is 1. The van der Waals surface area contributed by atoms with Crippen LogP contribution in [0.2, 0.25) is 0 Å². The lowest BCUT2D eigenvalue weighted by molar-refractivity contribution is -0.386. The monoisotopic (exact) mass is 207 g/mol. The van der Waals surface area contributed by atoms with Gasteiger partial charge in [-0.1, -0.05) is 18.2 Å². The number of aryl methyl sites for hydroxylation is 2. The number of benzene rings is 1. The number of rotatable bonds is 4. The van der Waals surface area contributed by atoms with E-state index in [-0.39, 0.29) is 16.4 Å². The number of para-hydroxylation sites is 1. The molecular formula is C11H13NO3. The number of hydrogen-bond acceptors (Lipinski definition) is 3. The minimum atomic E-state index is -0.384. The van der Waals surface area contributed by atoms with Crippen molar-refractivity contribution in [2.45, 2.75) is 26.7 Å². The Morgan fingerprint density at radius 3 is 2.67 bits per heavy atom. The highest BCUT2D eigenvalue weighted by atomic mass is 16.6. The first-order valence-electron chi connectivity index (χ1n) is 4.74. The molecule has 1 rings (SSSR count). The van der Waals surface area contributed by atoms with E-state index >= 15 is 0 Å².